The van der Waals surface area contributed by atoms with Gasteiger partial charge in [0.25, 0.3) is 0 Å². The first-order valence-electron chi connectivity index (χ1n) is 5.51. The summed E-state index contributed by atoms with van der Waals surface area (Å²) in [5, 5.41) is 8.91. The van der Waals surface area contributed by atoms with Gasteiger partial charge in [0.2, 0.25) is 5.82 Å². The van der Waals surface area contributed by atoms with E-state index in [9.17, 15) is 0 Å². The number of rotatable bonds is 2. The normalized spacial score (nSPS) is 17.2. The molecule has 84 valence electrons. The quantitative estimate of drug-likeness (QED) is 0.784. The number of aromatic nitrogens is 2. The molecule has 3 rings (SSSR count). The smallest absolute Gasteiger partial charge is 0.212 e. The van der Waals surface area contributed by atoms with Crippen molar-refractivity contribution >= 4 is 0 Å². The van der Waals surface area contributed by atoms with Crippen LogP contribution in [0.2, 0.25) is 0 Å². The van der Waals surface area contributed by atoms with Crippen LogP contribution in [0.3, 0.4) is 0 Å². The monoisotopic (exact) mass is 225 g/mol. The van der Waals surface area contributed by atoms with Gasteiger partial charge in [-0.1, -0.05) is 18.2 Å². The van der Waals surface area contributed by atoms with Crippen LogP contribution in [0.25, 0.3) is 0 Å². The second kappa shape index (κ2) is 3.95. The maximum absolute atomic E-state index is 8.91. The lowest BCUT2D eigenvalue weighted by Crippen LogP contribution is -2.11. The molecular formula is C13H11N3O. The summed E-state index contributed by atoms with van der Waals surface area (Å²) in [6.07, 6.45) is 3.49. The van der Waals surface area contributed by atoms with Crippen molar-refractivity contribution in [3.8, 4) is 11.8 Å². The third-order valence-electron chi connectivity index (χ3n) is 3.03. The largest absolute Gasteiger partial charge is 0.493 e. The molecule has 0 N–H and O–H groups in total. The Labute approximate surface area is 99.1 Å². The Kier molecular flexibility index (Phi) is 2.30. The van der Waals surface area contributed by atoms with Crippen LogP contribution in [0.4, 0.5) is 0 Å². The minimum Gasteiger partial charge on any atom is -0.493 e. The first-order chi connectivity index (χ1) is 8.38. The number of imidazole rings is 1. The van der Waals surface area contributed by atoms with Crippen molar-refractivity contribution in [3.63, 3.8) is 0 Å². The number of benzene rings is 1. The van der Waals surface area contributed by atoms with Crippen molar-refractivity contribution in [1.82, 2.24) is 9.55 Å². The van der Waals surface area contributed by atoms with Crippen molar-refractivity contribution in [1.29, 1.82) is 5.26 Å². The standard InChI is InChI=1S/C13H11N3O/c14-7-13-15-5-6-16(13)8-10-9-17-12-4-2-1-3-11(10)12/h1-6,10H,8-9H2. The molecule has 1 aliphatic heterocycles. The first kappa shape index (κ1) is 9.91. The number of nitrogens with zero attached hydrogens (tertiary/aromatic N) is 3. The summed E-state index contributed by atoms with van der Waals surface area (Å²) in [7, 11) is 0. The van der Waals surface area contributed by atoms with Crippen LogP contribution >= 0.6 is 0 Å². The van der Waals surface area contributed by atoms with Crippen molar-refractivity contribution in [2.45, 2.75) is 12.5 Å². The van der Waals surface area contributed by atoms with Crippen molar-refractivity contribution < 1.29 is 4.74 Å². The SMILES string of the molecule is N#Cc1nccn1CC1COc2ccccc21. The number of hydrogen-bond acceptors (Lipinski definition) is 3. The topological polar surface area (TPSA) is 50.8 Å². The molecule has 0 saturated heterocycles. The molecule has 1 unspecified atom stereocenters. The highest BCUT2D eigenvalue weighted by atomic mass is 16.5. The van der Waals surface area contributed by atoms with Crippen LogP contribution in [0, 0.1) is 11.3 Å². The molecule has 0 aliphatic carbocycles. The number of fused-ring (bicyclic) bond motifs is 1. The predicted molar refractivity (Wildman–Crippen MR) is 61.6 cm³/mol. The van der Waals surface area contributed by atoms with Crippen LogP contribution in [0.5, 0.6) is 5.75 Å². The Balaban J connectivity index is 1.87. The maximum Gasteiger partial charge on any atom is 0.212 e. The summed E-state index contributed by atoms with van der Waals surface area (Å²) in [6, 6.07) is 10.1. The van der Waals surface area contributed by atoms with E-state index in [-0.39, 0.29) is 0 Å². The molecule has 0 bridgehead atoms. The third-order valence-corrected chi connectivity index (χ3v) is 3.03. The molecular weight excluding hydrogens is 214 g/mol. The molecule has 0 radical (unpaired) electrons. The summed E-state index contributed by atoms with van der Waals surface area (Å²) in [6.45, 7) is 1.41. The molecule has 1 aromatic carbocycles. The number of ether oxygens (including phenoxy) is 1. The minimum atomic E-state index is 0.299. The summed E-state index contributed by atoms with van der Waals surface area (Å²) in [5.74, 6) is 1.71. The molecule has 2 aromatic rings. The lowest BCUT2D eigenvalue weighted by atomic mass is 10.0. The molecule has 0 fully saturated rings. The molecule has 0 saturated carbocycles. The van der Waals surface area contributed by atoms with Crippen molar-refractivity contribution in [2.24, 2.45) is 0 Å². The Morgan fingerprint density at radius 3 is 3.24 bits per heavy atom. The van der Waals surface area contributed by atoms with E-state index in [0.29, 0.717) is 18.3 Å². The number of nitriles is 1. The van der Waals surface area contributed by atoms with Crippen LogP contribution in [0.1, 0.15) is 17.3 Å². The molecule has 4 nitrogen and oxygen atoms in total. The van der Waals surface area contributed by atoms with E-state index >= 15 is 0 Å². The lowest BCUT2D eigenvalue weighted by Gasteiger charge is -2.10. The summed E-state index contributed by atoms with van der Waals surface area (Å²) in [4.78, 5) is 3.99. The Morgan fingerprint density at radius 2 is 2.35 bits per heavy atom. The fraction of sp³-hybridized carbons (Fsp3) is 0.231. The predicted octanol–water partition coefficient (Wildman–Crippen LogP) is 1.93. The van der Waals surface area contributed by atoms with E-state index in [0.717, 1.165) is 12.3 Å². The second-order valence-corrected chi connectivity index (χ2v) is 4.06. The average Bonchev–Trinajstić information content (AvgIpc) is 2.97. The zero-order valence-electron chi connectivity index (χ0n) is 9.21. The van der Waals surface area contributed by atoms with Gasteiger partial charge in [0.05, 0.1) is 6.61 Å². The van der Waals surface area contributed by atoms with Gasteiger partial charge in [-0.15, -0.1) is 0 Å². The van der Waals surface area contributed by atoms with Crippen LogP contribution in [-0.2, 0) is 6.54 Å². The van der Waals surface area contributed by atoms with Gasteiger partial charge in [-0.3, -0.25) is 0 Å². The van der Waals surface area contributed by atoms with Gasteiger partial charge in [-0.25, -0.2) is 4.98 Å². The summed E-state index contributed by atoms with van der Waals surface area (Å²) >= 11 is 0. The fourth-order valence-electron chi connectivity index (χ4n) is 2.19. The van der Waals surface area contributed by atoms with Gasteiger partial charge < -0.3 is 9.30 Å². The van der Waals surface area contributed by atoms with Gasteiger partial charge in [-0.2, -0.15) is 5.26 Å². The Hall–Kier alpha value is -2.28. The molecule has 4 heteroatoms. The molecule has 1 aromatic heterocycles. The zero-order valence-corrected chi connectivity index (χ0v) is 9.21. The van der Waals surface area contributed by atoms with Gasteiger partial charge in [0, 0.05) is 30.4 Å². The summed E-state index contributed by atoms with van der Waals surface area (Å²) in [5.41, 5.74) is 1.21. The lowest BCUT2D eigenvalue weighted by molar-refractivity contribution is 0.318. The van der Waals surface area contributed by atoms with E-state index in [1.165, 1.54) is 5.56 Å². The maximum atomic E-state index is 8.91. The number of hydrogen-bond donors (Lipinski definition) is 0. The van der Waals surface area contributed by atoms with Gasteiger partial charge >= 0.3 is 0 Å². The number of para-hydroxylation sites is 1. The molecule has 1 atom stereocenters. The van der Waals surface area contributed by atoms with Crippen LogP contribution in [0.15, 0.2) is 36.7 Å². The highest BCUT2D eigenvalue weighted by Crippen LogP contribution is 2.34. The van der Waals surface area contributed by atoms with E-state index < -0.39 is 0 Å². The van der Waals surface area contributed by atoms with Gasteiger partial charge in [0.1, 0.15) is 11.8 Å². The van der Waals surface area contributed by atoms with E-state index in [1.54, 1.807) is 6.20 Å². The minimum absolute atomic E-state index is 0.299. The Morgan fingerprint density at radius 1 is 1.47 bits per heavy atom. The highest BCUT2D eigenvalue weighted by Gasteiger charge is 2.24. The third kappa shape index (κ3) is 1.66. The van der Waals surface area contributed by atoms with Crippen LogP contribution in [-0.4, -0.2) is 16.2 Å². The molecule has 0 amide bonds. The Bertz CT molecular complexity index is 582. The van der Waals surface area contributed by atoms with Crippen molar-refractivity contribution in [3.05, 3.63) is 48.0 Å². The zero-order chi connectivity index (χ0) is 11.7. The second-order valence-electron chi connectivity index (χ2n) is 4.06. The average molecular weight is 225 g/mol. The van der Waals surface area contributed by atoms with Crippen molar-refractivity contribution in [2.75, 3.05) is 6.61 Å². The molecule has 17 heavy (non-hydrogen) atoms. The first-order valence-corrected chi connectivity index (χ1v) is 5.51. The molecule has 1 aliphatic rings. The molecule has 2 heterocycles. The highest BCUT2D eigenvalue weighted by molar-refractivity contribution is 5.39. The van der Waals surface area contributed by atoms with E-state index in [2.05, 4.69) is 17.1 Å². The van der Waals surface area contributed by atoms with Gasteiger partial charge in [0.15, 0.2) is 0 Å². The molecule has 0 spiro atoms. The fourth-order valence-corrected chi connectivity index (χ4v) is 2.19. The summed E-state index contributed by atoms with van der Waals surface area (Å²) < 4.78 is 7.49. The van der Waals surface area contributed by atoms with E-state index in [1.807, 2.05) is 29.0 Å². The van der Waals surface area contributed by atoms with E-state index in [4.69, 9.17) is 10.00 Å². The van der Waals surface area contributed by atoms with Gasteiger partial charge in [-0.05, 0) is 6.07 Å². The van der Waals surface area contributed by atoms with Crippen LogP contribution < -0.4 is 4.74 Å².